The van der Waals surface area contributed by atoms with Crippen LogP contribution in [0.4, 0.5) is 0 Å². The van der Waals surface area contributed by atoms with Crippen LogP contribution in [0.15, 0.2) is 164 Å². The van der Waals surface area contributed by atoms with Crippen LogP contribution in [-0.2, 0) is 0 Å². The number of hydrogen-bond acceptors (Lipinski definition) is 0. The van der Waals surface area contributed by atoms with E-state index in [4.69, 9.17) is 0 Å². The van der Waals surface area contributed by atoms with Crippen molar-refractivity contribution >= 4 is 43.4 Å². The number of hydrogen-bond donors (Lipinski definition) is 0. The minimum atomic E-state index is 1.17. The van der Waals surface area contributed by atoms with E-state index in [-0.39, 0.29) is 0 Å². The fraction of sp³-hybridized carbons (Fsp3) is 0. The maximum absolute atomic E-state index is 2.48. The van der Waals surface area contributed by atoms with Crippen molar-refractivity contribution in [3.05, 3.63) is 164 Å². The van der Waals surface area contributed by atoms with Gasteiger partial charge in [0, 0.05) is 16.5 Å². The molecule has 0 N–H and O–H groups in total. The van der Waals surface area contributed by atoms with E-state index in [2.05, 4.69) is 168 Å². The summed E-state index contributed by atoms with van der Waals surface area (Å²) in [4.78, 5) is 0. The lowest BCUT2D eigenvalue weighted by molar-refractivity contribution is 1.18. The van der Waals surface area contributed by atoms with E-state index in [1.54, 1.807) is 0 Å². The Morgan fingerprint density at radius 1 is 0.311 bits per heavy atom. The van der Waals surface area contributed by atoms with Gasteiger partial charge in [0.2, 0.25) is 0 Å². The molecule has 0 saturated carbocycles. The summed E-state index contributed by atoms with van der Waals surface area (Å²) in [6, 6.07) is 60.1. The molecule has 0 radical (unpaired) electrons. The van der Waals surface area contributed by atoms with Gasteiger partial charge in [-0.05, 0) is 96.4 Å². The van der Waals surface area contributed by atoms with Crippen molar-refractivity contribution in [2.75, 3.05) is 0 Å². The molecule has 0 spiro atoms. The molecule has 0 amide bonds. The molecule has 0 unspecified atom stereocenters. The van der Waals surface area contributed by atoms with Crippen LogP contribution in [0.3, 0.4) is 0 Å². The minimum Gasteiger partial charge on any atom is -0.309 e. The van der Waals surface area contributed by atoms with Gasteiger partial charge in [-0.1, -0.05) is 133 Å². The number of nitrogens with zero attached hydrogens (tertiary/aromatic N) is 1. The Labute approximate surface area is 261 Å². The van der Waals surface area contributed by atoms with Crippen molar-refractivity contribution in [1.29, 1.82) is 0 Å². The molecular weight excluding hydrogens is 542 g/mol. The first-order valence-corrected chi connectivity index (χ1v) is 15.6. The fourth-order valence-electron chi connectivity index (χ4n) is 7.73. The molecule has 0 atom stereocenters. The van der Waals surface area contributed by atoms with E-state index in [1.807, 2.05) is 0 Å². The van der Waals surface area contributed by atoms with Crippen LogP contribution in [0, 0.1) is 0 Å². The third-order valence-electron chi connectivity index (χ3n) is 9.72. The van der Waals surface area contributed by atoms with Gasteiger partial charge >= 0.3 is 0 Å². The average molecular weight is 570 g/mol. The summed E-state index contributed by atoms with van der Waals surface area (Å²) in [6.45, 7) is 0. The molecule has 9 aromatic rings. The van der Waals surface area contributed by atoms with Crippen LogP contribution >= 0.6 is 0 Å². The van der Waals surface area contributed by atoms with Gasteiger partial charge in [0.15, 0.2) is 0 Å². The lowest BCUT2D eigenvalue weighted by Gasteiger charge is -2.12. The standard InChI is InChI=1S/C44H27N/c1-2-10-28(11-3-1)31-13-8-14-32(26-31)29-20-23-33(24-21-29)45-40-25-22-30-12-4-5-15-34(30)43(40)44-38-19-9-18-37-35-16-6-7-17-36(35)39(42(37)38)27-41(44)45/h1-27H. The predicted octanol–water partition coefficient (Wildman–Crippen LogP) is 12.1. The first-order chi connectivity index (χ1) is 22.3. The summed E-state index contributed by atoms with van der Waals surface area (Å²) in [5.74, 6) is 0. The van der Waals surface area contributed by atoms with Gasteiger partial charge < -0.3 is 4.57 Å². The van der Waals surface area contributed by atoms with E-state index in [9.17, 15) is 0 Å². The summed E-state index contributed by atoms with van der Waals surface area (Å²) in [5.41, 5.74) is 13.9. The van der Waals surface area contributed by atoms with Crippen LogP contribution in [0.1, 0.15) is 0 Å². The minimum absolute atomic E-state index is 1.17. The first-order valence-electron chi connectivity index (χ1n) is 15.6. The van der Waals surface area contributed by atoms with Crippen molar-refractivity contribution in [2.45, 2.75) is 0 Å². The normalized spacial score (nSPS) is 12.0. The van der Waals surface area contributed by atoms with Crippen molar-refractivity contribution in [3.63, 3.8) is 0 Å². The molecule has 1 aromatic heterocycles. The SMILES string of the molecule is c1ccc(-c2cccc(-c3ccc(-n4c5ccc6ccccc6c5c5c6cccc7c6c(cc54)-c4ccccc4-7)cc3)c2)cc1. The number of benzene rings is 8. The molecule has 1 heteroatoms. The monoisotopic (exact) mass is 569 g/mol. The summed E-state index contributed by atoms with van der Waals surface area (Å²) in [6.07, 6.45) is 0. The van der Waals surface area contributed by atoms with Gasteiger partial charge in [-0.2, -0.15) is 0 Å². The smallest absolute Gasteiger partial charge is 0.0553 e. The molecule has 208 valence electrons. The number of rotatable bonds is 3. The third-order valence-corrected chi connectivity index (χ3v) is 9.72. The first kappa shape index (κ1) is 24.5. The number of aromatic nitrogens is 1. The van der Waals surface area contributed by atoms with E-state index in [0.29, 0.717) is 0 Å². The Bertz CT molecular complexity index is 2620. The zero-order valence-corrected chi connectivity index (χ0v) is 24.5. The molecule has 0 aliphatic heterocycles. The van der Waals surface area contributed by atoms with Crippen molar-refractivity contribution in [2.24, 2.45) is 0 Å². The van der Waals surface area contributed by atoms with Crippen LogP contribution in [0.25, 0.3) is 93.5 Å². The van der Waals surface area contributed by atoms with Gasteiger partial charge in [-0.25, -0.2) is 0 Å². The Hall–Kier alpha value is -5.92. The Kier molecular flexibility index (Phi) is 5.06. The maximum Gasteiger partial charge on any atom is 0.0553 e. The van der Waals surface area contributed by atoms with E-state index in [1.165, 1.54) is 93.5 Å². The quantitative estimate of drug-likeness (QED) is 0.199. The lowest BCUT2D eigenvalue weighted by Crippen LogP contribution is -1.94. The zero-order chi connectivity index (χ0) is 29.5. The van der Waals surface area contributed by atoms with Crippen molar-refractivity contribution in [3.8, 4) is 50.2 Å². The van der Waals surface area contributed by atoms with Gasteiger partial charge in [0.25, 0.3) is 0 Å². The van der Waals surface area contributed by atoms with E-state index >= 15 is 0 Å². The highest BCUT2D eigenvalue weighted by atomic mass is 15.0. The Morgan fingerprint density at radius 3 is 1.73 bits per heavy atom. The third kappa shape index (κ3) is 3.50. The molecule has 10 rings (SSSR count). The molecule has 0 bridgehead atoms. The van der Waals surface area contributed by atoms with Crippen molar-refractivity contribution in [1.82, 2.24) is 4.57 Å². The highest BCUT2D eigenvalue weighted by Gasteiger charge is 2.25. The van der Waals surface area contributed by atoms with Crippen molar-refractivity contribution < 1.29 is 0 Å². The zero-order valence-electron chi connectivity index (χ0n) is 24.5. The van der Waals surface area contributed by atoms with Crippen LogP contribution in [0.5, 0.6) is 0 Å². The van der Waals surface area contributed by atoms with Crippen LogP contribution in [0.2, 0.25) is 0 Å². The molecule has 1 aliphatic rings. The topological polar surface area (TPSA) is 4.93 Å². The molecule has 1 nitrogen and oxygen atoms in total. The van der Waals surface area contributed by atoms with Crippen LogP contribution in [-0.4, -0.2) is 4.57 Å². The lowest BCUT2D eigenvalue weighted by atomic mass is 9.96. The maximum atomic E-state index is 2.48. The second-order valence-electron chi connectivity index (χ2n) is 12.1. The Balaban J connectivity index is 1.24. The molecule has 1 heterocycles. The molecule has 1 aliphatic carbocycles. The molecule has 0 saturated heterocycles. The summed E-state index contributed by atoms with van der Waals surface area (Å²) in [7, 11) is 0. The van der Waals surface area contributed by atoms with Gasteiger partial charge in [0.1, 0.15) is 0 Å². The number of fused-ring (bicyclic) bond motifs is 9. The summed E-state index contributed by atoms with van der Waals surface area (Å²) < 4.78 is 2.48. The summed E-state index contributed by atoms with van der Waals surface area (Å²) >= 11 is 0. The van der Waals surface area contributed by atoms with E-state index in [0.717, 1.165) is 0 Å². The second kappa shape index (κ2) is 9.29. The molecule has 8 aromatic carbocycles. The molecule has 0 fully saturated rings. The highest BCUT2D eigenvalue weighted by Crippen LogP contribution is 2.51. The average Bonchev–Trinajstić information content (AvgIpc) is 3.63. The Morgan fingerprint density at radius 2 is 0.911 bits per heavy atom. The predicted molar refractivity (Wildman–Crippen MR) is 191 cm³/mol. The molecular formula is C44H27N. The largest absolute Gasteiger partial charge is 0.309 e. The van der Waals surface area contributed by atoms with Crippen LogP contribution < -0.4 is 0 Å². The second-order valence-corrected chi connectivity index (χ2v) is 12.1. The summed E-state index contributed by atoms with van der Waals surface area (Å²) in [5, 5.41) is 7.91. The molecule has 45 heavy (non-hydrogen) atoms. The highest BCUT2D eigenvalue weighted by molar-refractivity contribution is 6.33. The van der Waals surface area contributed by atoms with E-state index < -0.39 is 0 Å². The fourth-order valence-corrected chi connectivity index (χ4v) is 7.73. The van der Waals surface area contributed by atoms with Gasteiger partial charge in [-0.3, -0.25) is 0 Å². The van der Waals surface area contributed by atoms with Gasteiger partial charge in [-0.15, -0.1) is 0 Å². The van der Waals surface area contributed by atoms with Gasteiger partial charge in [0.05, 0.1) is 11.0 Å².